The van der Waals surface area contributed by atoms with Crippen molar-refractivity contribution < 1.29 is 10.2 Å². The van der Waals surface area contributed by atoms with Crippen LogP contribution in [0.3, 0.4) is 0 Å². The van der Waals surface area contributed by atoms with Crippen molar-refractivity contribution in [3.63, 3.8) is 0 Å². The number of rotatable bonds is 5. The molecule has 0 saturated heterocycles. The Morgan fingerprint density at radius 2 is 2.13 bits per heavy atom. The average Bonchev–Trinajstić information content (AvgIpc) is 2.26. The smallest absolute Gasteiger partial charge is 0.128 e. The predicted octanol–water partition coefficient (Wildman–Crippen LogP) is 0.209. The number of nitrogens with one attached hydrogen (secondary N) is 1. The van der Waals surface area contributed by atoms with Crippen molar-refractivity contribution in [1.82, 2.24) is 4.98 Å². The first-order valence-corrected chi connectivity index (χ1v) is 4.87. The molecule has 5 nitrogen and oxygen atoms in total. The maximum Gasteiger partial charge on any atom is 0.128 e. The number of hydrogen-bond acceptors (Lipinski definition) is 5. The second kappa shape index (κ2) is 4.95. The number of pyridine rings is 1. The van der Waals surface area contributed by atoms with E-state index in [1.807, 2.05) is 6.92 Å². The summed E-state index contributed by atoms with van der Waals surface area (Å²) in [7, 11) is 0. The van der Waals surface area contributed by atoms with Crippen molar-refractivity contribution in [1.29, 1.82) is 0 Å². The van der Waals surface area contributed by atoms with Gasteiger partial charge >= 0.3 is 0 Å². The molecule has 5 N–H and O–H groups in total. The van der Waals surface area contributed by atoms with E-state index in [1.165, 1.54) is 0 Å². The van der Waals surface area contributed by atoms with Crippen LogP contribution in [0.1, 0.15) is 13.3 Å². The summed E-state index contributed by atoms with van der Waals surface area (Å²) < 4.78 is 0. The molecule has 0 saturated carbocycles. The van der Waals surface area contributed by atoms with Gasteiger partial charge in [0.25, 0.3) is 0 Å². The fraction of sp³-hybridized carbons (Fsp3) is 0.500. The third kappa shape index (κ3) is 2.81. The van der Waals surface area contributed by atoms with Crippen molar-refractivity contribution in [3.8, 4) is 0 Å². The Bertz CT molecular complexity index is 305. The minimum absolute atomic E-state index is 0.156. The van der Waals surface area contributed by atoms with Crippen molar-refractivity contribution in [3.05, 3.63) is 18.3 Å². The second-order valence-electron chi connectivity index (χ2n) is 3.55. The molecule has 1 aromatic heterocycles. The predicted molar refractivity (Wildman–Crippen MR) is 59.5 cm³/mol. The topological polar surface area (TPSA) is 91.4 Å². The number of nitrogen functional groups attached to an aromatic ring is 1. The lowest BCUT2D eigenvalue weighted by Crippen LogP contribution is -2.45. The number of nitrogens with zero attached hydrogens (tertiary/aromatic N) is 1. The Morgan fingerprint density at radius 3 is 2.60 bits per heavy atom. The molecule has 84 valence electrons. The lowest BCUT2D eigenvalue weighted by Gasteiger charge is -2.30. The molecule has 1 heterocycles. The van der Waals surface area contributed by atoms with Gasteiger partial charge in [-0.25, -0.2) is 4.98 Å². The van der Waals surface area contributed by atoms with Crippen LogP contribution in [0.25, 0.3) is 0 Å². The molecule has 0 amide bonds. The van der Waals surface area contributed by atoms with E-state index in [0.717, 1.165) is 0 Å². The standard InChI is InChI=1S/C10H17N3O2/c1-2-10(6-14,7-15)13-9-5-8(11)3-4-12-9/h3-5,14-15H,2,6-7H2,1H3,(H3,11,12,13). The van der Waals surface area contributed by atoms with Gasteiger partial charge < -0.3 is 21.3 Å². The number of aromatic nitrogens is 1. The SMILES string of the molecule is CCC(CO)(CO)Nc1cc(N)ccn1. The Hall–Kier alpha value is -1.33. The summed E-state index contributed by atoms with van der Waals surface area (Å²) in [6, 6.07) is 3.34. The van der Waals surface area contributed by atoms with Crippen LogP contribution in [0.2, 0.25) is 0 Å². The highest BCUT2D eigenvalue weighted by molar-refractivity contribution is 5.49. The van der Waals surface area contributed by atoms with Gasteiger partial charge in [-0.15, -0.1) is 0 Å². The van der Waals surface area contributed by atoms with Crippen LogP contribution in [0.5, 0.6) is 0 Å². The van der Waals surface area contributed by atoms with Crippen LogP contribution in [0.15, 0.2) is 18.3 Å². The van der Waals surface area contributed by atoms with Crippen LogP contribution in [-0.4, -0.2) is 33.9 Å². The van der Waals surface area contributed by atoms with E-state index in [2.05, 4.69) is 10.3 Å². The highest BCUT2D eigenvalue weighted by Gasteiger charge is 2.26. The maximum absolute atomic E-state index is 9.23. The molecule has 0 spiro atoms. The van der Waals surface area contributed by atoms with Crippen LogP contribution in [0.4, 0.5) is 11.5 Å². The second-order valence-corrected chi connectivity index (χ2v) is 3.55. The number of aliphatic hydroxyl groups is 2. The molecular formula is C10H17N3O2. The summed E-state index contributed by atoms with van der Waals surface area (Å²) in [4.78, 5) is 4.05. The highest BCUT2D eigenvalue weighted by Crippen LogP contribution is 2.17. The lowest BCUT2D eigenvalue weighted by molar-refractivity contribution is 0.132. The number of nitrogens with two attached hydrogens (primary N) is 1. The molecule has 0 radical (unpaired) electrons. The van der Waals surface area contributed by atoms with Gasteiger partial charge in [-0.1, -0.05) is 6.92 Å². The number of aliphatic hydroxyl groups excluding tert-OH is 2. The van der Waals surface area contributed by atoms with Gasteiger partial charge in [0.15, 0.2) is 0 Å². The Kier molecular flexibility index (Phi) is 3.88. The zero-order valence-corrected chi connectivity index (χ0v) is 8.77. The molecule has 0 aliphatic carbocycles. The van der Waals surface area contributed by atoms with Crippen molar-refractivity contribution >= 4 is 11.5 Å². The third-order valence-corrected chi connectivity index (χ3v) is 2.46. The fourth-order valence-corrected chi connectivity index (χ4v) is 1.23. The Labute approximate surface area is 89.0 Å². The number of hydrogen-bond donors (Lipinski definition) is 4. The molecule has 0 aromatic carbocycles. The first kappa shape index (κ1) is 11.7. The lowest BCUT2D eigenvalue weighted by atomic mass is 9.98. The van der Waals surface area contributed by atoms with Crippen LogP contribution in [0, 0.1) is 0 Å². The van der Waals surface area contributed by atoms with E-state index >= 15 is 0 Å². The van der Waals surface area contributed by atoms with Crippen molar-refractivity contribution in [2.24, 2.45) is 0 Å². The molecule has 1 rings (SSSR count). The number of anilines is 2. The molecular weight excluding hydrogens is 194 g/mol. The largest absolute Gasteiger partial charge is 0.399 e. The van der Waals surface area contributed by atoms with Gasteiger partial charge in [-0.2, -0.15) is 0 Å². The first-order chi connectivity index (χ1) is 7.15. The zero-order chi connectivity index (χ0) is 11.3. The van der Waals surface area contributed by atoms with Gasteiger partial charge in [-0.3, -0.25) is 0 Å². The summed E-state index contributed by atoms with van der Waals surface area (Å²) in [5.41, 5.74) is 5.45. The van der Waals surface area contributed by atoms with Crippen molar-refractivity contribution in [2.75, 3.05) is 24.3 Å². The summed E-state index contributed by atoms with van der Waals surface area (Å²) in [6.07, 6.45) is 2.17. The molecule has 15 heavy (non-hydrogen) atoms. The Morgan fingerprint density at radius 1 is 1.47 bits per heavy atom. The van der Waals surface area contributed by atoms with Crippen LogP contribution in [-0.2, 0) is 0 Å². The molecule has 0 unspecified atom stereocenters. The Balaban J connectivity index is 2.82. The fourth-order valence-electron chi connectivity index (χ4n) is 1.23. The molecule has 0 aliphatic heterocycles. The van der Waals surface area contributed by atoms with Gasteiger partial charge in [0.1, 0.15) is 5.82 Å². The molecule has 0 atom stereocenters. The van der Waals surface area contributed by atoms with E-state index in [4.69, 9.17) is 5.73 Å². The maximum atomic E-state index is 9.23. The van der Waals surface area contributed by atoms with Crippen LogP contribution < -0.4 is 11.1 Å². The normalized spacial score (nSPS) is 11.4. The van der Waals surface area contributed by atoms with Gasteiger partial charge in [0.2, 0.25) is 0 Å². The average molecular weight is 211 g/mol. The minimum Gasteiger partial charge on any atom is -0.399 e. The molecule has 0 bridgehead atoms. The van der Waals surface area contributed by atoms with Gasteiger partial charge in [0.05, 0.1) is 18.8 Å². The monoisotopic (exact) mass is 211 g/mol. The van der Waals surface area contributed by atoms with Crippen LogP contribution >= 0.6 is 0 Å². The van der Waals surface area contributed by atoms with E-state index in [-0.39, 0.29) is 13.2 Å². The van der Waals surface area contributed by atoms with Gasteiger partial charge in [0, 0.05) is 18.0 Å². The highest BCUT2D eigenvalue weighted by atomic mass is 16.3. The molecule has 0 fully saturated rings. The third-order valence-electron chi connectivity index (χ3n) is 2.46. The summed E-state index contributed by atoms with van der Waals surface area (Å²) in [5.74, 6) is 0.556. The summed E-state index contributed by atoms with van der Waals surface area (Å²) in [6.45, 7) is 1.57. The quantitative estimate of drug-likeness (QED) is 0.559. The molecule has 5 heteroatoms. The van der Waals surface area contributed by atoms with E-state index < -0.39 is 5.54 Å². The summed E-state index contributed by atoms with van der Waals surface area (Å²) in [5, 5.41) is 21.4. The van der Waals surface area contributed by atoms with E-state index in [0.29, 0.717) is 17.9 Å². The minimum atomic E-state index is -0.735. The first-order valence-electron chi connectivity index (χ1n) is 4.87. The molecule has 0 aliphatic rings. The molecule has 1 aromatic rings. The summed E-state index contributed by atoms with van der Waals surface area (Å²) >= 11 is 0. The van der Waals surface area contributed by atoms with E-state index in [9.17, 15) is 10.2 Å². The van der Waals surface area contributed by atoms with Crippen molar-refractivity contribution in [2.45, 2.75) is 18.9 Å². The zero-order valence-electron chi connectivity index (χ0n) is 8.77. The van der Waals surface area contributed by atoms with E-state index in [1.54, 1.807) is 18.3 Å². The van der Waals surface area contributed by atoms with Gasteiger partial charge in [-0.05, 0) is 12.5 Å².